The van der Waals surface area contributed by atoms with Gasteiger partial charge < -0.3 is 5.73 Å². The SMILES string of the molecule is CCC1CCC(CN)(N(CC)Cc2cncc(C)c2)CC1. The van der Waals surface area contributed by atoms with Crippen molar-refractivity contribution in [1.82, 2.24) is 9.88 Å². The van der Waals surface area contributed by atoms with Crippen molar-refractivity contribution in [3.63, 3.8) is 0 Å². The van der Waals surface area contributed by atoms with Crippen molar-refractivity contribution in [3.05, 3.63) is 29.6 Å². The van der Waals surface area contributed by atoms with Crippen LogP contribution in [0.25, 0.3) is 0 Å². The maximum Gasteiger partial charge on any atom is 0.0335 e. The molecular formula is C18H31N3. The third kappa shape index (κ3) is 3.83. The van der Waals surface area contributed by atoms with E-state index in [2.05, 4.69) is 36.7 Å². The molecule has 0 amide bonds. The number of nitrogens with two attached hydrogens (primary N) is 1. The Balaban J connectivity index is 2.11. The summed E-state index contributed by atoms with van der Waals surface area (Å²) in [4.78, 5) is 6.93. The first-order valence-corrected chi connectivity index (χ1v) is 8.49. The topological polar surface area (TPSA) is 42.1 Å². The van der Waals surface area contributed by atoms with Crippen LogP contribution < -0.4 is 5.73 Å². The zero-order valence-corrected chi connectivity index (χ0v) is 13.9. The second-order valence-corrected chi connectivity index (χ2v) is 6.66. The lowest BCUT2D eigenvalue weighted by molar-refractivity contribution is 0.0392. The molecule has 1 aliphatic rings. The zero-order chi connectivity index (χ0) is 15.3. The molecule has 1 saturated carbocycles. The lowest BCUT2D eigenvalue weighted by Crippen LogP contribution is -2.55. The Labute approximate surface area is 129 Å². The van der Waals surface area contributed by atoms with Gasteiger partial charge in [-0.05, 0) is 56.2 Å². The highest BCUT2D eigenvalue weighted by Crippen LogP contribution is 2.37. The molecule has 0 unspecified atom stereocenters. The summed E-state index contributed by atoms with van der Waals surface area (Å²) < 4.78 is 0. The fourth-order valence-electron chi connectivity index (χ4n) is 3.81. The maximum atomic E-state index is 6.23. The van der Waals surface area contributed by atoms with Gasteiger partial charge in [-0.3, -0.25) is 9.88 Å². The smallest absolute Gasteiger partial charge is 0.0335 e. The van der Waals surface area contributed by atoms with Crippen LogP contribution in [0.5, 0.6) is 0 Å². The summed E-state index contributed by atoms with van der Waals surface area (Å²) in [5, 5.41) is 0. The van der Waals surface area contributed by atoms with E-state index in [4.69, 9.17) is 5.73 Å². The van der Waals surface area contributed by atoms with Crippen LogP contribution in [-0.2, 0) is 6.54 Å². The highest BCUT2D eigenvalue weighted by molar-refractivity contribution is 5.17. The Morgan fingerprint density at radius 3 is 2.52 bits per heavy atom. The normalized spacial score (nSPS) is 26.2. The van der Waals surface area contributed by atoms with Crippen molar-refractivity contribution in [2.75, 3.05) is 13.1 Å². The molecule has 1 heterocycles. The minimum Gasteiger partial charge on any atom is -0.329 e. The summed E-state index contributed by atoms with van der Waals surface area (Å²) >= 11 is 0. The summed E-state index contributed by atoms with van der Waals surface area (Å²) in [6.07, 6.45) is 10.4. The summed E-state index contributed by atoms with van der Waals surface area (Å²) in [5.41, 5.74) is 8.97. The molecule has 0 aromatic carbocycles. The van der Waals surface area contributed by atoms with Gasteiger partial charge in [0.2, 0.25) is 0 Å². The van der Waals surface area contributed by atoms with Gasteiger partial charge in [0.1, 0.15) is 0 Å². The van der Waals surface area contributed by atoms with Crippen molar-refractivity contribution in [2.45, 2.75) is 65.0 Å². The molecule has 0 saturated heterocycles. The Kier molecular flexibility index (Phi) is 5.77. The first-order chi connectivity index (χ1) is 10.1. The van der Waals surface area contributed by atoms with E-state index < -0.39 is 0 Å². The fourth-order valence-corrected chi connectivity index (χ4v) is 3.81. The van der Waals surface area contributed by atoms with Gasteiger partial charge in [-0.1, -0.05) is 26.3 Å². The van der Waals surface area contributed by atoms with E-state index in [9.17, 15) is 0 Å². The lowest BCUT2D eigenvalue weighted by Gasteiger charge is -2.47. The van der Waals surface area contributed by atoms with Crippen LogP contribution >= 0.6 is 0 Å². The molecule has 0 spiro atoms. The molecule has 1 aromatic rings. The molecule has 1 aromatic heterocycles. The molecule has 1 aliphatic carbocycles. The first-order valence-electron chi connectivity index (χ1n) is 8.49. The van der Waals surface area contributed by atoms with Gasteiger partial charge in [-0.2, -0.15) is 0 Å². The average Bonchev–Trinajstić information content (AvgIpc) is 2.53. The van der Waals surface area contributed by atoms with E-state index in [1.165, 1.54) is 43.2 Å². The van der Waals surface area contributed by atoms with Crippen LogP contribution in [-0.4, -0.2) is 28.5 Å². The number of aromatic nitrogens is 1. The summed E-state index contributed by atoms with van der Waals surface area (Å²) in [6, 6.07) is 2.25. The van der Waals surface area contributed by atoms with Gasteiger partial charge in [0.15, 0.2) is 0 Å². The quantitative estimate of drug-likeness (QED) is 0.871. The molecule has 0 aliphatic heterocycles. The predicted octanol–water partition coefficient (Wildman–Crippen LogP) is 3.51. The van der Waals surface area contributed by atoms with E-state index in [0.717, 1.165) is 25.6 Å². The van der Waals surface area contributed by atoms with E-state index in [-0.39, 0.29) is 5.54 Å². The minimum atomic E-state index is 0.199. The Hall–Kier alpha value is -0.930. The zero-order valence-electron chi connectivity index (χ0n) is 13.9. The van der Waals surface area contributed by atoms with E-state index >= 15 is 0 Å². The number of aryl methyl sites for hydroxylation is 1. The molecule has 0 radical (unpaired) electrons. The summed E-state index contributed by atoms with van der Waals surface area (Å²) in [7, 11) is 0. The monoisotopic (exact) mass is 289 g/mol. The van der Waals surface area contributed by atoms with Gasteiger partial charge >= 0.3 is 0 Å². The Bertz CT molecular complexity index is 436. The molecular weight excluding hydrogens is 258 g/mol. The van der Waals surface area contributed by atoms with Crippen LogP contribution in [0, 0.1) is 12.8 Å². The van der Waals surface area contributed by atoms with Crippen LogP contribution in [0.15, 0.2) is 18.5 Å². The lowest BCUT2D eigenvalue weighted by atomic mass is 9.74. The second-order valence-electron chi connectivity index (χ2n) is 6.66. The van der Waals surface area contributed by atoms with Crippen molar-refractivity contribution in [3.8, 4) is 0 Å². The standard InChI is InChI=1S/C18H31N3/c1-4-16-6-8-18(14-19,9-7-16)21(5-2)13-17-10-15(3)11-20-12-17/h10-12,16H,4-9,13-14,19H2,1-3H3. The summed E-state index contributed by atoms with van der Waals surface area (Å²) in [5.74, 6) is 0.906. The van der Waals surface area contributed by atoms with Crippen molar-refractivity contribution < 1.29 is 0 Å². The second kappa shape index (κ2) is 7.37. The van der Waals surface area contributed by atoms with E-state index in [1.807, 2.05) is 12.4 Å². The first kappa shape index (κ1) is 16.4. The van der Waals surface area contributed by atoms with Gasteiger partial charge in [-0.15, -0.1) is 0 Å². The molecule has 2 rings (SSSR count). The molecule has 2 N–H and O–H groups in total. The molecule has 0 bridgehead atoms. The van der Waals surface area contributed by atoms with Crippen molar-refractivity contribution in [1.29, 1.82) is 0 Å². The highest BCUT2D eigenvalue weighted by Gasteiger charge is 2.38. The van der Waals surface area contributed by atoms with Crippen molar-refractivity contribution >= 4 is 0 Å². The van der Waals surface area contributed by atoms with Crippen LogP contribution in [0.3, 0.4) is 0 Å². The number of rotatable bonds is 6. The average molecular weight is 289 g/mol. The fraction of sp³-hybridized carbons (Fsp3) is 0.722. The van der Waals surface area contributed by atoms with E-state index in [0.29, 0.717) is 0 Å². The highest BCUT2D eigenvalue weighted by atomic mass is 15.2. The number of nitrogens with zero attached hydrogens (tertiary/aromatic N) is 2. The number of pyridine rings is 1. The van der Waals surface area contributed by atoms with Crippen LogP contribution in [0.2, 0.25) is 0 Å². The minimum absolute atomic E-state index is 0.199. The van der Waals surface area contributed by atoms with Crippen molar-refractivity contribution in [2.24, 2.45) is 11.7 Å². The Morgan fingerprint density at radius 1 is 1.29 bits per heavy atom. The van der Waals surface area contributed by atoms with Crippen LogP contribution in [0.4, 0.5) is 0 Å². The van der Waals surface area contributed by atoms with Gasteiger partial charge in [0, 0.05) is 31.0 Å². The largest absolute Gasteiger partial charge is 0.329 e. The molecule has 0 atom stereocenters. The van der Waals surface area contributed by atoms with E-state index in [1.54, 1.807) is 0 Å². The molecule has 21 heavy (non-hydrogen) atoms. The molecule has 118 valence electrons. The third-order valence-electron chi connectivity index (χ3n) is 5.35. The molecule has 1 fully saturated rings. The van der Waals surface area contributed by atoms with Crippen LogP contribution in [0.1, 0.15) is 57.1 Å². The molecule has 3 heteroatoms. The number of likely N-dealkylation sites (N-methyl/N-ethyl adjacent to an activating group) is 1. The summed E-state index contributed by atoms with van der Waals surface area (Å²) in [6.45, 7) is 9.48. The molecule has 3 nitrogen and oxygen atoms in total. The number of hydrogen-bond donors (Lipinski definition) is 1. The number of hydrogen-bond acceptors (Lipinski definition) is 3. The van der Waals surface area contributed by atoms with Gasteiger partial charge in [-0.25, -0.2) is 0 Å². The Morgan fingerprint density at radius 2 is 2.00 bits per heavy atom. The third-order valence-corrected chi connectivity index (χ3v) is 5.35. The maximum absolute atomic E-state index is 6.23. The van der Waals surface area contributed by atoms with Gasteiger partial charge in [0.05, 0.1) is 0 Å². The predicted molar refractivity (Wildman–Crippen MR) is 89.1 cm³/mol. The van der Waals surface area contributed by atoms with Gasteiger partial charge in [0.25, 0.3) is 0 Å².